The van der Waals surface area contributed by atoms with E-state index in [0.717, 1.165) is 11.1 Å². The molecule has 0 N–H and O–H groups in total. The van der Waals surface area contributed by atoms with Crippen LogP contribution >= 0.6 is 0 Å². The van der Waals surface area contributed by atoms with Crippen LogP contribution in [0.15, 0.2) is 42.0 Å². The molecular formula is C14H14N2O2. The molecule has 1 amide bonds. The van der Waals surface area contributed by atoms with E-state index < -0.39 is 0 Å². The molecular weight excluding hydrogens is 228 g/mol. The van der Waals surface area contributed by atoms with Crippen LogP contribution in [0.5, 0.6) is 0 Å². The number of benzene rings is 1. The Hall–Kier alpha value is -2.28. The molecule has 1 aromatic carbocycles. The predicted molar refractivity (Wildman–Crippen MR) is 66.5 cm³/mol. The molecule has 0 aliphatic carbocycles. The monoisotopic (exact) mass is 242 g/mol. The summed E-state index contributed by atoms with van der Waals surface area (Å²) in [6.07, 6.45) is 1.16. The summed E-state index contributed by atoms with van der Waals surface area (Å²) in [6.45, 7) is 2.65. The second-order valence-corrected chi connectivity index (χ2v) is 4.19. The first-order valence-corrected chi connectivity index (χ1v) is 5.78. The lowest BCUT2D eigenvalue weighted by atomic mass is 9.98. The van der Waals surface area contributed by atoms with E-state index in [0.29, 0.717) is 6.54 Å². The average Bonchev–Trinajstić information content (AvgIpc) is 2.41. The molecule has 1 saturated heterocycles. The number of hydrogen-bond donors (Lipinski definition) is 0. The lowest BCUT2D eigenvalue weighted by molar-refractivity contribution is 0.0736. The van der Waals surface area contributed by atoms with Gasteiger partial charge in [-0.15, -0.1) is 0 Å². The molecule has 0 unspecified atom stereocenters. The van der Waals surface area contributed by atoms with Crippen LogP contribution in [0.25, 0.3) is 0 Å². The summed E-state index contributed by atoms with van der Waals surface area (Å²) < 4.78 is 5.21. The van der Waals surface area contributed by atoms with Gasteiger partial charge in [0.05, 0.1) is 12.1 Å². The van der Waals surface area contributed by atoms with Crippen molar-refractivity contribution in [1.82, 2.24) is 4.90 Å². The second-order valence-electron chi connectivity index (χ2n) is 4.19. The van der Waals surface area contributed by atoms with Gasteiger partial charge in [-0.25, -0.2) is 4.79 Å². The Morgan fingerprint density at radius 2 is 2.28 bits per heavy atom. The summed E-state index contributed by atoms with van der Waals surface area (Å²) in [5.74, 6) is 0. The number of amides is 1. The number of hydrogen-bond acceptors (Lipinski definition) is 3. The Balaban J connectivity index is 1.84. The highest BCUT2D eigenvalue weighted by atomic mass is 16.6. The van der Waals surface area contributed by atoms with E-state index in [1.54, 1.807) is 4.90 Å². The minimum absolute atomic E-state index is 0.0343. The van der Waals surface area contributed by atoms with E-state index in [2.05, 4.69) is 0 Å². The third kappa shape index (κ3) is 2.51. The molecule has 18 heavy (non-hydrogen) atoms. The Labute approximate surface area is 106 Å². The molecule has 2 rings (SSSR count). The number of carbonyl (C=O) groups is 1. The molecule has 1 heterocycles. The zero-order valence-corrected chi connectivity index (χ0v) is 10.2. The molecule has 1 aromatic rings. The number of carbonyl (C=O) groups excluding carboxylic acids is 1. The first-order chi connectivity index (χ1) is 8.72. The van der Waals surface area contributed by atoms with Gasteiger partial charge in [0.1, 0.15) is 6.61 Å². The van der Waals surface area contributed by atoms with Crippen molar-refractivity contribution in [2.75, 3.05) is 6.54 Å². The largest absolute Gasteiger partial charge is 0.445 e. The third-order valence-electron chi connectivity index (χ3n) is 3.05. The Morgan fingerprint density at radius 3 is 2.89 bits per heavy atom. The van der Waals surface area contributed by atoms with Crippen LogP contribution in [0.4, 0.5) is 4.79 Å². The third-order valence-corrected chi connectivity index (χ3v) is 3.05. The predicted octanol–water partition coefficient (Wildman–Crippen LogP) is 2.48. The lowest BCUT2D eigenvalue weighted by Gasteiger charge is -2.39. The molecule has 1 atom stereocenters. The van der Waals surface area contributed by atoms with E-state index in [4.69, 9.17) is 10.00 Å². The first kappa shape index (κ1) is 12.2. The molecule has 0 saturated carbocycles. The molecule has 4 heteroatoms. The summed E-state index contributed by atoms with van der Waals surface area (Å²) in [5, 5.41) is 8.54. The van der Waals surface area contributed by atoms with Crippen molar-refractivity contribution >= 4 is 6.09 Å². The highest BCUT2D eigenvalue weighted by Crippen LogP contribution is 2.24. The number of nitriles is 1. The summed E-state index contributed by atoms with van der Waals surface area (Å²) >= 11 is 0. The van der Waals surface area contributed by atoms with Gasteiger partial charge < -0.3 is 4.74 Å². The molecule has 1 fully saturated rings. The van der Waals surface area contributed by atoms with E-state index in [-0.39, 0.29) is 18.7 Å². The highest BCUT2D eigenvalue weighted by Gasteiger charge is 2.34. The Kier molecular flexibility index (Phi) is 3.63. The fraction of sp³-hybridized carbons (Fsp3) is 0.286. The lowest BCUT2D eigenvalue weighted by Crippen LogP contribution is -2.51. The van der Waals surface area contributed by atoms with Crippen molar-refractivity contribution in [3.05, 3.63) is 47.5 Å². The van der Waals surface area contributed by atoms with Crippen LogP contribution in [-0.4, -0.2) is 23.6 Å². The number of ether oxygens (including phenoxy) is 1. The van der Waals surface area contributed by atoms with Crippen molar-refractivity contribution in [3.8, 4) is 6.07 Å². The first-order valence-electron chi connectivity index (χ1n) is 5.78. The maximum Gasteiger partial charge on any atom is 0.410 e. The number of rotatable bonds is 2. The zero-order valence-electron chi connectivity index (χ0n) is 10.2. The summed E-state index contributed by atoms with van der Waals surface area (Å²) in [7, 11) is 0. The van der Waals surface area contributed by atoms with Gasteiger partial charge >= 0.3 is 6.09 Å². The van der Waals surface area contributed by atoms with Crippen LogP contribution in [0.3, 0.4) is 0 Å². The minimum atomic E-state index is -0.332. The molecule has 92 valence electrons. The summed E-state index contributed by atoms with van der Waals surface area (Å²) in [5.41, 5.74) is 1.93. The Morgan fingerprint density at radius 1 is 1.56 bits per heavy atom. The molecule has 1 aliphatic heterocycles. The van der Waals surface area contributed by atoms with Crippen LogP contribution in [0.1, 0.15) is 12.5 Å². The topological polar surface area (TPSA) is 53.3 Å². The van der Waals surface area contributed by atoms with E-state index in [9.17, 15) is 4.79 Å². The van der Waals surface area contributed by atoms with Gasteiger partial charge in [0.25, 0.3) is 0 Å². The summed E-state index contributed by atoms with van der Waals surface area (Å²) in [4.78, 5) is 13.4. The van der Waals surface area contributed by atoms with Crippen molar-refractivity contribution < 1.29 is 9.53 Å². The number of nitrogens with zero attached hydrogens (tertiary/aromatic N) is 2. The van der Waals surface area contributed by atoms with Gasteiger partial charge in [-0.05, 0) is 18.1 Å². The number of allylic oxidation sites excluding steroid dienone is 1. The fourth-order valence-electron chi connectivity index (χ4n) is 1.83. The standard InChI is InChI=1S/C14H14N2O2/c1-11-13(7-8-15)9-16(11)14(17)18-10-12-5-3-2-4-6-12/h2-7,11H,9-10H2,1H3/b13-7+/t11-/m1/s1. The molecule has 0 aromatic heterocycles. The number of likely N-dealkylation sites (tertiary alicyclic amines) is 1. The molecule has 0 radical (unpaired) electrons. The van der Waals surface area contributed by atoms with Gasteiger partial charge in [-0.3, -0.25) is 4.90 Å². The van der Waals surface area contributed by atoms with Crippen LogP contribution in [0.2, 0.25) is 0 Å². The van der Waals surface area contributed by atoms with Crippen molar-refractivity contribution in [3.63, 3.8) is 0 Å². The average molecular weight is 242 g/mol. The normalized spacial score (nSPS) is 20.1. The van der Waals surface area contributed by atoms with Gasteiger partial charge in [0.15, 0.2) is 0 Å². The van der Waals surface area contributed by atoms with Gasteiger partial charge in [-0.1, -0.05) is 30.3 Å². The molecule has 0 spiro atoms. The van der Waals surface area contributed by atoms with E-state index in [1.165, 1.54) is 6.08 Å². The quantitative estimate of drug-likeness (QED) is 0.748. The van der Waals surface area contributed by atoms with Crippen LogP contribution in [0, 0.1) is 11.3 Å². The van der Waals surface area contributed by atoms with E-state index >= 15 is 0 Å². The summed E-state index contributed by atoms with van der Waals surface area (Å²) in [6, 6.07) is 11.5. The zero-order chi connectivity index (χ0) is 13.0. The van der Waals surface area contributed by atoms with E-state index in [1.807, 2.05) is 43.3 Å². The highest BCUT2D eigenvalue weighted by molar-refractivity contribution is 5.71. The Bertz CT molecular complexity index is 502. The molecule has 0 bridgehead atoms. The molecule has 4 nitrogen and oxygen atoms in total. The smallest absolute Gasteiger partial charge is 0.410 e. The van der Waals surface area contributed by atoms with Gasteiger partial charge in [0.2, 0.25) is 0 Å². The fourth-order valence-corrected chi connectivity index (χ4v) is 1.83. The minimum Gasteiger partial charge on any atom is -0.445 e. The van der Waals surface area contributed by atoms with Crippen molar-refractivity contribution in [1.29, 1.82) is 5.26 Å². The van der Waals surface area contributed by atoms with Crippen LogP contribution < -0.4 is 0 Å². The van der Waals surface area contributed by atoms with Crippen molar-refractivity contribution in [2.24, 2.45) is 0 Å². The second kappa shape index (κ2) is 5.37. The van der Waals surface area contributed by atoms with Crippen LogP contribution in [-0.2, 0) is 11.3 Å². The van der Waals surface area contributed by atoms with Gasteiger partial charge in [-0.2, -0.15) is 5.26 Å². The SMILES string of the molecule is C[C@@H]1/C(=C/C#N)CN1C(=O)OCc1ccccc1. The molecule has 1 aliphatic rings. The van der Waals surface area contributed by atoms with Gasteiger partial charge in [0, 0.05) is 12.6 Å². The maximum absolute atomic E-state index is 11.8. The maximum atomic E-state index is 11.8. The van der Waals surface area contributed by atoms with Crippen molar-refractivity contribution in [2.45, 2.75) is 19.6 Å².